The molecule has 0 saturated carbocycles. The first-order valence-corrected chi connectivity index (χ1v) is 10.5. The maximum absolute atomic E-state index is 12.9. The number of aromatic nitrogens is 2. The number of anilines is 1. The molecule has 3 aromatic rings. The minimum atomic E-state index is -1.27. The number of benzene rings is 2. The molecule has 10 heteroatoms. The normalized spacial score (nSPS) is 13.6. The minimum absolute atomic E-state index is 0.0552. The third-order valence-corrected chi connectivity index (χ3v) is 5.65. The number of rotatable bonds is 6. The summed E-state index contributed by atoms with van der Waals surface area (Å²) in [4.78, 5) is 63.6. The molecule has 3 amide bonds. The Hall–Kier alpha value is -4.47. The Morgan fingerprint density at radius 1 is 0.941 bits per heavy atom. The second-order valence-corrected chi connectivity index (χ2v) is 7.80. The first-order valence-electron chi connectivity index (χ1n) is 10.5. The highest BCUT2D eigenvalue weighted by atomic mass is 16.5. The predicted octanol–water partition coefficient (Wildman–Crippen LogP) is 1.65. The number of ether oxygens (including phenoxy) is 1. The number of para-hydroxylation sites is 1. The zero-order valence-electron chi connectivity index (χ0n) is 18.8. The van der Waals surface area contributed by atoms with E-state index in [9.17, 15) is 24.0 Å². The fourth-order valence-electron chi connectivity index (χ4n) is 3.74. The number of carbonyl (C=O) groups excluding carboxylic acids is 4. The van der Waals surface area contributed by atoms with Crippen LogP contribution in [0.3, 0.4) is 0 Å². The Bertz CT molecular complexity index is 1340. The zero-order valence-corrected chi connectivity index (χ0v) is 18.8. The van der Waals surface area contributed by atoms with E-state index >= 15 is 0 Å². The van der Waals surface area contributed by atoms with Gasteiger partial charge in [-0.05, 0) is 38.1 Å². The molecular weight excluding hydrogens is 440 g/mol. The summed E-state index contributed by atoms with van der Waals surface area (Å²) in [6.45, 7) is 2.38. The van der Waals surface area contributed by atoms with Crippen molar-refractivity contribution in [1.82, 2.24) is 14.3 Å². The van der Waals surface area contributed by atoms with E-state index in [1.54, 1.807) is 55.1 Å². The van der Waals surface area contributed by atoms with Crippen molar-refractivity contribution >= 4 is 29.4 Å². The first kappa shape index (κ1) is 22.7. The molecule has 4 rings (SSSR count). The summed E-state index contributed by atoms with van der Waals surface area (Å²) in [7, 11) is 1.69. The first-order chi connectivity index (χ1) is 16.2. The van der Waals surface area contributed by atoms with Crippen LogP contribution in [0.15, 0.2) is 59.4 Å². The van der Waals surface area contributed by atoms with Gasteiger partial charge in [-0.15, -0.1) is 0 Å². The van der Waals surface area contributed by atoms with Gasteiger partial charge in [0.25, 0.3) is 23.3 Å². The smallest absolute Gasteiger partial charge is 0.326 e. The van der Waals surface area contributed by atoms with Crippen LogP contribution >= 0.6 is 0 Å². The molecule has 1 N–H and O–H groups in total. The van der Waals surface area contributed by atoms with E-state index in [1.165, 1.54) is 23.7 Å². The number of amides is 3. The second kappa shape index (κ2) is 8.81. The van der Waals surface area contributed by atoms with Gasteiger partial charge in [0, 0.05) is 7.05 Å². The Morgan fingerprint density at radius 3 is 2.09 bits per heavy atom. The van der Waals surface area contributed by atoms with Gasteiger partial charge in [-0.1, -0.05) is 30.3 Å². The summed E-state index contributed by atoms with van der Waals surface area (Å²) in [5, 5.41) is 2.52. The van der Waals surface area contributed by atoms with Gasteiger partial charge in [0.2, 0.25) is 0 Å². The van der Waals surface area contributed by atoms with Crippen LogP contribution in [0.4, 0.5) is 5.69 Å². The van der Waals surface area contributed by atoms with Crippen LogP contribution in [0.25, 0.3) is 5.69 Å². The quantitative estimate of drug-likeness (QED) is 0.439. The Morgan fingerprint density at radius 2 is 1.50 bits per heavy atom. The van der Waals surface area contributed by atoms with Gasteiger partial charge >= 0.3 is 5.97 Å². The average Bonchev–Trinajstić information content (AvgIpc) is 3.19. The molecule has 1 atom stereocenters. The monoisotopic (exact) mass is 462 g/mol. The Labute approximate surface area is 194 Å². The number of esters is 1. The van der Waals surface area contributed by atoms with E-state index in [4.69, 9.17) is 4.74 Å². The van der Waals surface area contributed by atoms with Crippen molar-refractivity contribution in [3.63, 3.8) is 0 Å². The van der Waals surface area contributed by atoms with Crippen molar-refractivity contribution in [3.8, 4) is 5.69 Å². The van der Waals surface area contributed by atoms with Gasteiger partial charge in [-0.25, -0.2) is 4.68 Å². The molecule has 0 spiro atoms. The third-order valence-electron chi connectivity index (χ3n) is 5.65. The lowest BCUT2D eigenvalue weighted by molar-refractivity contribution is -0.153. The molecule has 0 bridgehead atoms. The molecule has 1 unspecified atom stereocenters. The minimum Gasteiger partial charge on any atom is -0.451 e. The number of nitrogens with zero attached hydrogens (tertiary/aromatic N) is 3. The van der Waals surface area contributed by atoms with Crippen LogP contribution in [-0.2, 0) is 21.4 Å². The highest BCUT2D eigenvalue weighted by Crippen LogP contribution is 2.22. The van der Waals surface area contributed by atoms with Crippen LogP contribution in [0, 0.1) is 6.92 Å². The lowest BCUT2D eigenvalue weighted by Crippen LogP contribution is -2.39. The van der Waals surface area contributed by atoms with Gasteiger partial charge in [0.05, 0.1) is 22.5 Å². The van der Waals surface area contributed by atoms with Crippen molar-refractivity contribution in [2.24, 2.45) is 7.05 Å². The summed E-state index contributed by atoms with van der Waals surface area (Å²) >= 11 is 0. The van der Waals surface area contributed by atoms with E-state index < -0.39 is 41.9 Å². The average molecular weight is 462 g/mol. The number of hydrogen-bond donors (Lipinski definition) is 1. The summed E-state index contributed by atoms with van der Waals surface area (Å²) in [5.41, 5.74) is 1.16. The van der Waals surface area contributed by atoms with Crippen molar-refractivity contribution in [2.45, 2.75) is 20.0 Å². The number of imide groups is 1. The van der Waals surface area contributed by atoms with Crippen molar-refractivity contribution in [3.05, 3.63) is 81.8 Å². The zero-order chi connectivity index (χ0) is 24.6. The van der Waals surface area contributed by atoms with Crippen LogP contribution in [-0.4, -0.2) is 50.6 Å². The predicted molar refractivity (Wildman–Crippen MR) is 122 cm³/mol. The van der Waals surface area contributed by atoms with Crippen LogP contribution in [0.5, 0.6) is 0 Å². The van der Waals surface area contributed by atoms with Gasteiger partial charge in [0.15, 0.2) is 6.10 Å². The third kappa shape index (κ3) is 3.90. The number of hydrogen-bond acceptors (Lipinski definition) is 6. The highest BCUT2D eigenvalue weighted by molar-refractivity contribution is 6.22. The maximum atomic E-state index is 12.9. The second-order valence-electron chi connectivity index (χ2n) is 7.80. The van der Waals surface area contributed by atoms with E-state index in [2.05, 4.69) is 5.32 Å². The summed E-state index contributed by atoms with van der Waals surface area (Å²) in [6, 6.07) is 15.2. The molecule has 2 aromatic carbocycles. The molecule has 0 fully saturated rings. The summed E-state index contributed by atoms with van der Waals surface area (Å²) in [6.07, 6.45) is -1.27. The van der Waals surface area contributed by atoms with Gasteiger partial charge in [0.1, 0.15) is 12.2 Å². The van der Waals surface area contributed by atoms with Crippen molar-refractivity contribution in [1.29, 1.82) is 0 Å². The lowest BCUT2D eigenvalue weighted by Gasteiger charge is -2.16. The molecule has 2 heterocycles. The van der Waals surface area contributed by atoms with Gasteiger partial charge in [-0.3, -0.25) is 33.6 Å². The van der Waals surface area contributed by atoms with Crippen LogP contribution in [0.2, 0.25) is 0 Å². The topological polar surface area (TPSA) is 120 Å². The lowest BCUT2D eigenvalue weighted by atomic mass is 10.1. The Balaban J connectivity index is 1.43. The standard InChI is InChI=1S/C24H22N4O6/c1-14-20(24(33)28(26(14)3)16-9-5-4-6-10-16)25-21(30)15(2)34-19(29)13-27-22(31)17-11-7-8-12-18(17)23(27)32/h4-12,15H,13H2,1-3H3,(H,25,30). The SMILES string of the molecule is Cc1c(NC(=O)C(C)OC(=O)CN2C(=O)c3ccccc3C2=O)c(=O)n(-c2ccccc2)n1C. The molecular formula is C24H22N4O6. The largest absolute Gasteiger partial charge is 0.451 e. The van der Waals surface area contributed by atoms with Crippen molar-refractivity contribution in [2.75, 3.05) is 11.9 Å². The summed E-state index contributed by atoms with van der Waals surface area (Å²) < 4.78 is 8.14. The molecule has 0 aliphatic carbocycles. The molecule has 1 aliphatic rings. The molecule has 1 aliphatic heterocycles. The number of nitrogens with one attached hydrogen (secondary N) is 1. The van der Waals surface area contributed by atoms with E-state index in [1.807, 2.05) is 6.07 Å². The molecule has 0 saturated heterocycles. The fourth-order valence-corrected chi connectivity index (χ4v) is 3.74. The highest BCUT2D eigenvalue weighted by Gasteiger charge is 2.37. The van der Waals surface area contributed by atoms with Gasteiger partial charge < -0.3 is 10.1 Å². The van der Waals surface area contributed by atoms with E-state index in [0.29, 0.717) is 11.4 Å². The maximum Gasteiger partial charge on any atom is 0.326 e. The van der Waals surface area contributed by atoms with Gasteiger partial charge in [-0.2, -0.15) is 0 Å². The fraction of sp³-hybridized carbons (Fsp3) is 0.208. The molecule has 10 nitrogen and oxygen atoms in total. The Kier molecular flexibility index (Phi) is 5.89. The van der Waals surface area contributed by atoms with E-state index in [0.717, 1.165) is 4.90 Å². The van der Waals surface area contributed by atoms with Crippen molar-refractivity contribution < 1.29 is 23.9 Å². The number of carbonyl (C=O) groups is 4. The molecule has 174 valence electrons. The molecule has 34 heavy (non-hydrogen) atoms. The molecule has 1 aromatic heterocycles. The summed E-state index contributed by atoms with van der Waals surface area (Å²) in [5.74, 6) is -2.85. The van der Waals surface area contributed by atoms with E-state index in [-0.39, 0.29) is 16.8 Å². The molecule has 0 radical (unpaired) electrons. The van der Waals surface area contributed by atoms with Crippen LogP contribution < -0.4 is 10.9 Å². The number of fused-ring (bicyclic) bond motifs is 1. The van der Waals surface area contributed by atoms with Crippen LogP contribution in [0.1, 0.15) is 33.3 Å².